The standard InChI is InChI=1S/C18H19N3O5/c1-3-25-16(23)11-19-14-9-18(10-15(22)26-14)12(2)20-21(17(18)24)13-7-5-4-6-8-13/h4-8H,3,9-11H2,1-2H3. The fourth-order valence-corrected chi connectivity index (χ4v) is 3.02. The maximum Gasteiger partial charge on any atom is 0.327 e. The molecule has 2 heterocycles. The zero-order chi connectivity index (χ0) is 18.7. The number of anilines is 1. The van der Waals surface area contributed by atoms with Crippen LogP contribution in [0.25, 0.3) is 0 Å². The molecule has 0 N–H and O–H groups in total. The number of carbonyl (C=O) groups excluding carboxylic acids is 3. The molecular formula is C18H19N3O5. The van der Waals surface area contributed by atoms with Crippen LogP contribution in [-0.4, -0.2) is 42.6 Å². The molecule has 0 saturated carbocycles. The summed E-state index contributed by atoms with van der Waals surface area (Å²) < 4.78 is 9.93. The first kappa shape index (κ1) is 17.8. The first-order valence-corrected chi connectivity index (χ1v) is 8.31. The molecule has 26 heavy (non-hydrogen) atoms. The molecule has 1 aromatic carbocycles. The highest BCUT2D eigenvalue weighted by Crippen LogP contribution is 2.41. The number of nitrogens with zero attached hydrogens (tertiary/aromatic N) is 3. The van der Waals surface area contributed by atoms with E-state index < -0.39 is 17.4 Å². The zero-order valence-electron chi connectivity index (χ0n) is 14.6. The van der Waals surface area contributed by atoms with Crippen LogP contribution in [0.5, 0.6) is 0 Å². The summed E-state index contributed by atoms with van der Waals surface area (Å²) in [7, 11) is 0. The molecule has 3 rings (SSSR count). The van der Waals surface area contributed by atoms with Gasteiger partial charge < -0.3 is 9.47 Å². The van der Waals surface area contributed by atoms with Gasteiger partial charge in [-0.25, -0.2) is 4.99 Å². The fourth-order valence-electron chi connectivity index (χ4n) is 3.02. The second kappa shape index (κ2) is 7.07. The third kappa shape index (κ3) is 3.22. The minimum Gasteiger partial charge on any atom is -0.465 e. The van der Waals surface area contributed by atoms with Crippen molar-refractivity contribution in [3.8, 4) is 0 Å². The van der Waals surface area contributed by atoms with Gasteiger partial charge in [0.2, 0.25) is 0 Å². The lowest BCUT2D eigenvalue weighted by molar-refractivity contribution is -0.144. The second-order valence-electron chi connectivity index (χ2n) is 6.06. The Balaban J connectivity index is 1.85. The summed E-state index contributed by atoms with van der Waals surface area (Å²) in [6, 6.07) is 8.99. The Hall–Kier alpha value is -3.03. The lowest BCUT2D eigenvalue weighted by Crippen LogP contribution is -2.46. The number of rotatable bonds is 4. The van der Waals surface area contributed by atoms with E-state index in [0.29, 0.717) is 11.4 Å². The van der Waals surface area contributed by atoms with Crippen molar-refractivity contribution in [3.05, 3.63) is 30.3 Å². The zero-order valence-corrected chi connectivity index (χ0v) is 14.6. The van der Waals surface area contributed by atoms with Crippen LogP contribution >= 0.6 is 0 Å². The van der Waals surface area contributed by atoms with Crippen LogP contribution in [-0.2, 0) is 23.9 Å². The highest BCUT2D eigenvalue weighted by atomic mass is 16.5. The smallest absolute Gasteiger partial charge is 0.327 e. The largest absolute Gasteiger partial charge is 0.465 e. The normalized spacial score (nSPS) is 24.0. The molecule has 0 aromatic heterocycles. The highest BCUT2D eigenvalue weighted by molar-refractivity contribution is 6.22. The van der Waals surface area contributed by atoms with E-state index in [1.54, 1.807) is 38.1 Å². The maximum atomic E-state index is 13.1. The quantitative estimate of drug-likeness (QED) is 0.764. The minimum atomic E-state index is -1.13. The van der Waals surface area contributed by atoms with E-state index >= 15 is 0 Å². The monoisotopic (exact) mass is 357 g/mol. The molecular weight excluding hydrogens is 338 g/mol. The van der Waals surface area contributed by atoms with Crippen molar-refractivity contribution in [2.75, 3.05) is 18.2 Å². The predicted octanol–water partition coefficient (Wildman–Crippen LogP) is 1.69. The van der Waals surface area contributed by atoms with Crippen molar-refractivity contribution >= 4 is 35.1 Å². The molecule has 8 heteroatoms. The van der Waals surface area contributed by atoms with E-state index in [1.807, 2.05) is 6.07 Å². The molecule has 2 aliphatic heterocycles. The lowest BCUT2D eigenvalue weighted by atomic mass is 9.75. The van der Waals surface area contributed by atoms with Crippen molar-refractivity contribution in [1.82, 2.24) is 0 Å². The van der Waals surface area contributed by atoms with Gasteiger partial charge in [-0.3, -0.25) is 14.4 Å². The summed E-state index contributed by atoms with van der Waals surface area (Å²) in [6.07, 6.45) is -0.0292. The highest BCUT2D eigenvalue weighted by Gasteiger charge is 2.54. The van der Waals surface area contributed by atoms with Gasteiger partial charge in [-0.05, 0) is 26.0 Å². The number of hydrogen-bond acceptors (Lipinski definition) is 7. The van der Waals surface area contributed by atoms with Crippen molar-refractivity contribution in [2.45, 2.75) is 26.7 Å². The van der Waals surface area contributed by atoms with Crippen LogP contribution in [0.15, 0.2) is 40.4 Å². The van der Waals surface area contributed by atoms with Crippen LogP contribution in [0.2, 0.25) is 0 Å². The van der Waals surface area contributed by atoms with Gasteiger partial charge in [-0.2, -0.15) is 10.1 Å². The minimum absolute atomic E-state index is 0.0483. The van der Waals surface area contributed by atoms with Crippen molar-refractivity contribution in [2.24, 2.45) is 15.5 Å². The number of ether oxygens (including phenoxy) is 2. The van der Waals surface area contributed by atoms with E-state index in [9.17, 15) is 14.4 Å². The average molecular weight is 357 g/mol. The lowest BCUT2D eigenvalue weighted by Gasteiger charge is -2.31. The van der Waals surface area contributed by atoms with E-state index in [2.05, 4.69) is 10.1 Å². The molecule has 1 spiro atoms. The van der Waals surface area contributed by atoms with Crippen molar-refractivity contribution in [3.63, 3.8) is 0 Å². The summed E-state index contributed by atoms with van der Waals surface area (Å²) in [5, 5.41) is 5.66. The van der Waals surface area contributed by atoms with Gasteiger partial charge in [0.1, 0.15) is 12.0 Å². The molecule has 2 aliphatic rings. The molecule has 0 bridgehead atoms. The number of hydrazone groups is 1. The van der Waals surface area contributed by atoms with Gasteiger partial charge in [-0.15, -0.1) is 0 Å². The molecule has 1 aromatic rings. The van der Waals surface area contributed by atoms with Crippen LogP contribution in [0, 0.1) is 5.41 Å². The molecule has 1 saturated heterocycles. The number of esters is 2. The van der Waals surface area contributed by atoms with Crippen LogP contribution < -0.4 is 5.01 Å². The number of para-hydroxylation sites is 1. The number of cyclic esters (lactones) is 1. The summed E-state index contributed by atoms with van der Waals surface area (Å²) >= 11 is 0. The molecule has 0 aliphatic carbocycles. The number of aliphatic imine (C=N–C) groups is 1. The van der Waals surface area contributed by atoms with Gasteiger partial charge in [0, 0.05) is 6.42 Å². The van der Waals surface area contributed by atoms with Crippen LogP contribution in [0.4, 0.5) is 5.69 Å². The van der Waals surface area contributed by atoms with Crippen LogP contribution in [0.1, 0.15) is 26.7 Å². The first-order chi connectivity index (χ1) is 12.5. The third-order valence-electron chi connectivity index (χ3n) is 4.37. The van der Waals surface area contributed by atoms with Crippen LogP contribution in [0.3, 0.4) is 0 Å². The Kier molecular flexibility index (Phi) is 4.83. The predicted molar refractivity (Wildman–Crippen MR) is 93.7 cm³/mol. The first-order valence-electron chi connectivity index (χ1n) is 8.31. The Bertz CT molecular complexity index is 802. The average Bonchev–Trinajstić information content (AvgIpc) is 2.85. The number of benzene rings is 1. The summed E-state index contributed by atoms with van der Waals surface area (Å²) in [4.78, 5) is 40.7. The molecule has 136 valence electrons. The van der Waals surface area contributed by atoms with E-state index in [4.69, 9.17) is 9.47 Å². The second-order valence-corrected chi connectivity index (χ2v) is 6.06. The topological polar surface area (TPSA) is 97.6 Å². The number of amides is 1. The molecule has 1 atom stereocenters. The maximum absolute atomic E-state index is 13.1. The summed E-state index contributed by atoms with van der Waals surface area (Å²) in [6.45, 7) is 3.38. The summed E-state index contributed by atoms with van der Waals surface area (Å²) in [5.41, 5.74) is 0.0168. The Morgan fingerprint density at radius 2 is 2.04 bits per heavy atom. The van der Waals surface area contributed by atoms with Gasteiger partial charge >= 0.3 is 11.9 Å². The number of carbonyl (C=O) groups is 3. The van der Waals surface area contributed by atoms with E-state index in [0.717, 1.165) is 0 Å². The molecule has 1 unspecified atom stereocenters. The van der Waals surface area contributed by atoms with E-state index in [1.165, 1.54) is 5.01 Å². The van der Waals surface area contributed by atoms with Crippen molar-refractivity contribution < 1.29 is 23.9 Å². The van der Waals surface area contributed by atoms with Gasteiger partial charge in [0.15, 0.2) is 5.90 Å². The van der Waals surface area contributed by atoms with Gasteiger partial charge in [0.25, 0.3) is 5.91 Å². The molecule has 1 amide bonds. The molecule has 0 radical (unpaired) electrons. The van der Waals surface area contributed by atoms with Crippen molar-refractivity contribution in [1.29, 1.82) is 0 Å². The van der Waals surface area contributed by atoms with Gasteiger partial charge in [0.05, 0.1) is 24.4 Å². The van der Waals surface area contributed by atoms with E-state index in [-0.39, 0.29) is 37.8 Å². The SMILES string of the molecule is CCOC(=O)CN=C1CC2(CC(=O)O1)C(=O)N(c1ccccc1)N=C2C. The number of hydrogen-bond donors (Lipinski definition) is 0. The van der Waals surface area contributed by atoms with Gasteiger partial charge in [-0.1, -0.05) is 18.2 Å². The third-order valence-corrected chi connectivity index (χ3v) is 4.37. The molecule has 8 nitrogen and oxygen atoms in total. The Morgan fingerprint density at radius 1 is 1.31 bits per heavy atom. The fraction of sp³-hybridized carbons (Fsp3) is 0.389. The Labute approximate surface area is 150 Å². The molecule has 1 fully saturated rings. The Morgan fingerprint density at radius 3 is 2.73 bits per heavy atom. The summed E-state index contributed by atoms with van der Waals surface area (Å²) in [5.74, 6) is -1.35.